The molecule has 4 N–H and O–H groups in total. The second-order valence-corrected chi connectivity index (χ2v) is 9.72. The van der Waals surface area contributed by atoms with Crippen LogP contribution in [0.15, 0.2) is 36.7 Å². The van der Waals surface area contributed by atoms with Gasteiger partial charge in [-0.3, -0.25) is 9.59 Å². The van der Waals surface area contributed by atoms with E-state index in [1.54, 1.807) is 11.5 Å². The molecule has 1 saturated heterocycles. The molecule has 10 nitrogen and oxygen atoms in total. The Kier molecular flexibility index (Phi) is 7.88. The molecule has 0 bridgehead atoms. The van der Waals surface area contributed by atoms with E-state index in [4.69, 9.17) is 15.2 Å². The number of nitrogens with one attached hydrogen (secondary N) is 1. The Bertz CT molecular complexity index is 1020. The first-order valence-corrected chi connectivity index (χ1v) is 12.3. The van der Waals surface area contributed by atoms with Crippen molar-refractivity contribution in [3.63, 3.8) is 0 Å². The minimum atomic E-state index is -0.828. The first-order valence-electron chi connectivity index (χ1n) is 12.3. The summed E-state index contributed by atoms with van der Waals surface area (Å²) in [7, 11) is -0.828. The molecule has 1 aromatic heterocycles. The van der Waals surface area contributed by atoms with E-state index in [1.807, 2.05) is 32.0 Å². The average molecular weight is 483 g/mol. The van der Waals surface area contributed by atoms with E-state index in [9.17, 15) is 14.6 Å². The van der Waals surface area contributed by atoms with Gasteiger partial charge in [0.1, 0.15) is 19.0 Å². The lowest BCUT2D eigenvalue weighted by Gasteiger charge is -2.25. The zero-order chi connectivity index (χ0) is 25.1. The predicted octanol–water partition coefficient (Wildman–Crippen LogP) is 1.74. The molecule has 0 radical (unpaired) electrons. The minimum Gasteiger partial charge on any atom is -0.462 e. The standard InChI is InChI=1S/C24H34BN5O5/c1-4-14(2)20(28-25(3)33)24(32)34-12-19-17-10-16(15-8-6-5-7-9-15)11-18(17)23(35-19)30-13-27-22(29-30)21(26)31/h5-9,13-14,16-20,23,28,33H,4,10-12H2,1-3H3,(H2,26,31)/t14-,16?,17?,18+,19?,20?,23+/m0/s1. The molecule has 11 heteroatoms. The summed E-state index contributed by atoms with van der Waals surface area (Å²) in [6.45, 7) is 5.62. The van der Waals surface area contributed by atoms with Gasteiger partial charge < -0.3 is 25.5 Å². The van der Waals surface area contributed by atoms with Crippen molar-refractivity contribution in [2.45, 2.75) is 64.2 Å². The zero-order valence-electron chi connectivity index (χ0n) is 20.4. The maximum Gasteiger partial charge on any atom is 0.374 e. The maximum atomic E-state index is 12.9. The van der Waals surface area contributed by atoms with Crippen molar-refractivity contribution < 1.29 is 24.1 Å². The SMILES string of the molecule is CC[C@H](C)C(NB(C)O)C(=O)OCC1O[C@@H](n2cnc(C(N)=O)n2)[C@@H]2CC(c3ccccc3)CC12. The number of rotatable bonds is 10. The summed E-state index contributed by atoms with van der Waals surface area (Å²) < 4.78 is 13.6. The van der Waals surface area contributed by atoms with Crippen molar-refractivity contribution >= 4 is 18.9 Å². The van der Waals surface area contributed by atoms with Gasteiger partial charge in [-0.25, -0.2) is 9.67 Å². The molecule has 7 atom stereocenters. The average Bonchev–Trinajstić information content (AvgIpc) is 3.57. The number of nitrogens with zero attached hydrogens (tertiary/aromatic N) is 3. The molecule has 2 aliphatic rings. The third-order valence-corrected chi connectivity index (χ3v) is 7.36. The highest BCUT2D eigenvalue weighted by Gasteiger charge is 2.52. The molecule has 2 heterocycles. The number of hydrogen-bond donors (Lipinski definition) is 3. The van der Waals surface area contributed by atoms with Crippen LogP contribution in [0.1, 0.15) is 61.4 Å². The van der Waals surface area contributed by atoms with Crippen molar-refractivity contribution in [1.29, 1.82) is 0 Å². The molecule has 1 aliphatic carbocycles. The molecule has 2 aromatic rings. The highest BCUT2D eigenvalue weighted by atomic mass is 16.6. The van der Waals surface area contributed by atoms with Gasteiger partial charge in [0, 0.05) is 5.92 Å². The number of nitrogens with two attached hydrogens (primary N) is 1. The first-order chi connectivity index (χ1) is 16.8. The zero-order valence-corrected chi connectivity index (χ0v) is 20.4. The normalized spacial score (nSPS) is 27.3. The van der Waals surface area contributed by atoms with E-state index in [2.05, 4.69) is 27.4 Å². The number of carbonyl (C=O) groups is 2. The van der Waals surface area contributed by atoms with E-state index < -0.39 is 31.2 Å². The first kappa shape index (κ1) is 25.3. The Labute approximate surface area is 205 Å². The van der Waals surface area contributed by atoms with E-state index in [-0.39, 0.29) is 36.3 Å². The van der Waals surface area contributed by atoms with Gasteiger partial charge in [0.15, 0.2) is 6.23 Å². The summed E-state index contributed by atoms with van der Waals surface area (Å²) in [5, 5.41) is 16.9. The van der Waals surface area contributed by atoms with Crippen LogP contribution in [-0.4, -0.2) is 57.5 Å². The van der Waals surface area contributed by atoms with Gasteiger partial charge in [-0.2, -0.15) is 0 Å². The molecule has 1 aromatic carbocycles. The number of benzene rings is 1. The van der Waals surface area contributed by atoms with Crippen LogP contribution in [0.5, 0.6) is 0 Å². The highest BCUT2D eigenvalue weighted by Crippen LogP contribution is 2.54. The molecule has 35 heavy (non-hydrogen) atoms. The monoisotopic (exact) mass is 483 g/mol. The summed E-state index contributed by atoms with van der Waals surface area (Å²) in [4.78, 5) is 28.4. The molecule has 4 rings (SSSR count). The van der Waals surface area contributed by atoms with Crippen molar-refractivity contribution in [1.82, 2.24) is 20.0 Å². The van der Waals surface area contributed by atoms with Gasteiger partial charge in [0.25, 0.3) is 5.91 Å². The Morgan fingerprint density at radius 1 is 1.31 bits per heavy atom. The number of primary amides is 1. The summed E-state index contributed by atoms with van der Waals surface area (Å²) in [6.07, 6.45) is 3.25. The van der Waals surface area contributed by atoms with Crippen molar-refractivity contribution in [2.75, 3.05) is 6.61 Å². The lowest BCUT2D eigenvalue weighted by Crippen LogP contribution is -2.49. The van der Waals surface area contributed by atoms with Crippen LogP contribution >= 0.6 is 0 Å². The summed E-state index contributed by atoms with van der Waals surface area (Å²) in [5.41, 5.74) is 6.61. The van der Waals surface area contributed by atoms with Gasteiger partial charge in [-0.1, -0.05) is 50.6 Å². The third kappa shape index (κ3) is 5.57. The number of esters is 1. The molecular formula is C24H34BN5O5. The maximum absolute atomic E-state index is 12.9. The lowest BCUT2D eigenvalue weighted by molar-refractivity contribution is -0.153. The molecule has 2 fully saturated rings. The number of aromatic nitrogens is 3. The van der Waals surface area contributed by atoms with Gasteiger partial charge >= 0.3 is 13.0 Å². The number of ether oxygens (including phenoxy) is 2. The van der Waals surface area contributed by atoms with Gasteiger partial charge in [0.05, 0.1) is 6.10 Å². The van der Waals surface area contributed by atoms with Crippen LogP contribution in [0.2, 0.25) is 6.82 Å². The van der Waals surface area contributed by atoms with Crippen LogP contribution in [0.25, 0.3) is 0 Å². The number of fused-ring (bicyclic) bond motifs is 1. The Morgan fingerprint density at radius 3 is 2.66 bits per heavy atom. The molecule has 1 saturated carbocycles. The van der Waals surface area contributed by atoms with Crippen LogP contribution in [-0.2, 0) is 14.3 Å². The fourth-order valence-electron chi connectivity index (χ4n) is 5.38. The topological polar surface area (TPSA) is 142 Å². The summed E-state index contributed by atoms with van der Waals surface area (Å²) in [5.74, 6) is -0.549. The fraction of sp³-hybridized carbons (Fsp3) is 0.583. The summed E-state index contributed by atoms with van der Waals surface area (Å²) >= 11 is 0. The molecular weight excluding hydrogens is 449 g/mol. The van der Waals surface area contributed by atoms with E-state index in [0.29, 0.717) is 5.92 Å². The molecule has 0 spiro atoms. The van der Waals surface area contributed by atoms with Crippen molar-refractivity contribution in [3.8, 4) is 0 Å². The Balaban J connectivity index is 1.51. The van der Waals surface area contributed by atoms with E-state index in [0.717, 1.165) is 19.3 Å². The largest absolute Gasteiger partial charge is 0.462 e. The predicted molar refractivity (Wildman–Crippen MR) is 129 cm³/mol. The van der Waals surface area contributed by atoms with Crippen molar-refractivity contribution in [2.24, 2.45) is 23.5 Å². The highest BCUT2D eigenvalue weighted by molar-refractivity contribution is 6.46. The van der Waals surface area contributed by atoms with Gasteiger partial charge in [-0.15, -0.1) is 5.10 Å². The van der Waals surface area contributed by atoms with Crippen LogP contribution in [0, 0.1) is 17.8 Å². The Morgan fingerprint density at radius 2 is 2.03 bits per heavy atom. The number of hydrogen-bond acceptors (Lipinski definition) is 8. The quantitative estimate of drug-likeness (QED) is 0.343. The molecule has 1 amide bonds. The van der Waals surface area contributed by atoms with Crippen LogP contribution in [0.3, 0.4) is 0 Å². The van der Waals surface area contributed by atoms with E-state index in [1.165, 1.54) is 11.9 Å². The van der Waals surface area contributed by atoms with Crippen LogP contribution in [0.4, 0.5) is 0 Å². The van der Waals surface area contributed by atoms with Crippen molar-refractivity contribution in [3.05, 3.63) is 48.0 Å². The minimum absolute atomic E-state index is 0.00148. The number of carbonyl (C=O) groups excluding carboxylic acids is 2. The second-order valence-electron chi connectivity index (χ2n) is 9.72. The van der Waals surface area contributed by atoms with E-state index >= 15 is 0 Å². The molecule has 188 valence electrons. The molecule has 1 aliphatic heterocycles. The summed E-state index contributed by atoms with van der Waals surface area (Å²) in [6, 6.07) is 9.74. The third-order valence-electron chi connectivity index (χ3n) is 7.36. The fourth-order valence-corrected chi connectivity index (χ4v) is 5.38. The van der Waals surface area contributed by atoms with Gasteiger partial charge in [0.2, 0.25) is 5.82 Å². The number of amides is 1. The lowest BCUT2D eigenvalue weighted by atomic mass is 9.84. The smallest absolute Gasteiger partial charge is 0.374 e. The van der Waals surface area contributed by atoms with Crippen LogP contribution < -0.4 is 11.0 Å². The molecule has 4 unspecified atom stereocenters. The second kappa shape index (κ2) is 10.9. The Hall–Kier alpha value is -2.76. The van der Waals surface area contributed by atoms with Gasteiger partial charge in [-0.05, 0) is 43.0 Å².